The highest BCUT2D eigenvalue weighted by atomic mass is 16.5. The molecule has 0 atom stereocenters. The summed E-state index contributed by atoms with van der Waals surface area (Å²) in [6.07, 6.45) is 5.71. The van der Waals surface area contributed by atoms with E-state index in [4.69, 9.17) is 0 Å². The second kappa shape index (κ2) is 5.27. The number of allylic oxidation sites excluding steroid dienone is 1. The van der Waals surface area contributed by atoms with E-state index in [-0.39, 0.29) is 5.97 Å². The maximum Gasteiger partial charge on any atom is 0.354 e. The monoisotopic (exact) mass is 193 g/mol. The van der Waals surface area contributed by atoms with E-state index in [1.54, 1.807) is 6.07 Å². The first kappa shape index (κ1) is 10.6. The third-order valence-electron chi connectivity index (χ3n) is 2.03. The fourth-order valence-electron chi connectivity index (χ4n) is 1.30. The average molecular weight is 193 g/mol. The Balaban J connectivity index is 2.62. The Bertz CT molecular complexity index is 315. The van der Waals surface area contributed by atoms with E-state index in [1.807, 2.05) is 22.9 Å². The summed E-state index contributed by atoms with van der Waals surface area (Å²) >= 11 is 0. The molecule has 0 fully saturated rings. The van der Waals surface area contributed by atoms with Crippen molar-refractivity contribution in [2.24, 2.45) is 0 Å². The minimum atomic E-state index is -0.284. The number of aromatic nitrogens is 1. The number of methoxy groups -OCH3 is 1. The fourth-order valence-corrected chi connectivity index (χ4v) is 1.30. The average Bonchev–Trinajstić information content (AvgIpc) is 2.65. The van der Waals surface area contributed by atoms with Gasteiger partial charge in [-0.05, 0) is 25.0 Å². The molecule has 0 amide bonds. The Labute approximate surface area is 84.0 Å². The highest BCUT2D eigenvalue weighted by molar-refractivity contribution is 5.87. The van der Waals surface area contributed by atoms with Crippen LogP contribution in [0.4, 0.5) is 0 Å². The van der Waals surface area contributed by atoms with Gasteiger partial charge >= 0.3 is 5.97 Å². The van der Waals surface area contributed by atoms with Crippen molar-refractivity contribution in [3.63, 3.8) is 0 Å². The quantitative estimate of drug-likeness (QED) is 0.408. The largest absolute Gasteiger partial charge is 0.464 e. The summed E-state index contributed by atoms with van der Waals surface area (Å²) in [5, 5.41) is 0. The molecule has 76 valence electrons. The molecule has 0 aliphatic heterocycles. The summed E-state index contributed by atoms with van der Waals surface area (Å²) in [5.41, 5.74) is 0.608. The van der Waals surface area contributed by atoms with E-state index in [0.29, 0.717) is 5.69 Å². The van der Waals surface area contributed by atoms with Crippen LogP contribution in [0.1, 0.15) is 23.3 Å². The molecular weight excluding hydrogens is 178 g/mol. The van der Waals surface area contributed by atoms with Crippen LogP contribution in [0, 0.1) is 0 Å². The normalized spacial score (nSPS) is 9.79. The molecule has 14 heavy (non-hydrogen) atoms. The van der Waals surface area contributed by atoms with Crippen molar-refractivity contribution in [1.29, 1.82) is 0 Å². The summed E-state index contributed by atoms with van der Waals surface area (Å²) in [7, 11) is 1.39. The number of rotatable bonds is 5. The first-order valence-corrected chi connectivity index (χ1v) is 4.64. The summed E-state index contributed by atoms with van der Waals surface area (Å²) in [6.45, 7) is 4.48. The van der Waals surface area contributed by atoms with Crippen LogP contribution in [0.5, 0.6) is 0 Å². The van der Waals surface area contributed by atoms with E-state index >= 15 is 0 Å². The molecule has 0 saturated carbocycles. The summed E-state index contributed by atoms with van der Waals surface area (Å²) in [4.78, 5) is 11.3. The zero-order chi connectivity index (χ0) is 10.4. The Hall–Kier alpha value is -1.51. The topological polar surface area (TPSA) is 31.2 Å². The predicted octanol–water partition coefficient (Wildman–Crippen LogP) is 2.24. The van der Waals surface area contributed by atoms with Gasteiger partial charge in [0.05, 0.1) is 7.11 Å². The molecule has 0 spiro atoms. The number of nitrogens with zero attached hydrogens (tertiary/aromatic N) is 1. The molecule has 0 radical (unpaired) electrons. The molecule has 3 nitrogen and oxygen atoms in total. The van der Waals surface area contributed by atoms with Crippen LogP contribution in [0.3, 0.4) is 0 Å². The third-order valence-corrected chi connectivity index (χ3v) is 2.03. The Morgan fingerprint density at radius 1 is 1.71 bits per heavy atom. The van der Waals surface area contributed by atoms with Crippen LogP contribution < -0.4 is 0 Å². The van der Waals surface area contributed by atoms with Crippen LogP contribution in [0.2, 0.25) is 0 Å². The van der Waals surface area contributed by atoms with Crippen molar-refractivity contribution >= 4 is 5.97 Å². The number of hydrogen-bond acceptors (Lipinski definition) is 2. The molecule has 0 aromatic carbocycles. The SMILES string of the molecule is C=CCCCn1cccc1C(=O)OC. The maximum absolute atomic E-state index is 11.3. The lowest BCUT2D eigenvalue weighted by Crippen LogP contribution is -2.09. The molecule has 3 heteroatoms. The Morgan fingerprint density at radius 2 is 2.50 bits per heavy atom. The lowest BCUT2D eigenvalue weighted by Gasteiger charge is -2.06. The smallest absolute Gasteiger partial charge is 0.354 e. The second-order valence-corrected chi connectivity index (χ2v) is 3.01. The lowest BCUT2D eigenvalue weighted by atomic mass is 10.3. The van der Waals surface area contributed by atoms with E-state index in [1.165, 1.54) is 7.11 Å². The van der Waals surface area contributed by atoms with Crippen LogP contribution in [-0.4, -0.2) is 17.6 Å². The van der Waals surface area contributed by atoms with Crippen LogP contribution in [0.15, 0.2) is 31.0 Å². The van der Waals surface area contributed by atoms with Crippen LogP contribution >= 0.6 is 0 Å². The molecule has 1 heterocycles. The van der Waals surface area contributed by atoms with Crippen LogP contribution in [0.25, 0.3) is 0 Å². The Morgan fingerprint density at radius 3 is 3.14 bits per heavy atom. The highest BCUT2D eigenvalue weighted by Gasteiger charge is 2.09. The minimum Gasteiger partial charge on any atom is -0.464 e. The lowest BCUT2D eigenvalue weighted by molar-refractivity contribution is 0.0588. The zero-order valence-corrected chi connectivity index (χ0v) is 8.40. The molecule has 1 aromatic rings. The van der Waals surface area contributed by atoms with E-state index in [2.05, 4.69) is 11.3 Å². The number of carbonyl (C=O) groups excluding carboxylic acids is 1. The molecule has 1 aromatic heterocycles. The summed E-state index contributed by atoms with van der Waals surface area (Å²) in [6, 6.07) is 3.61. The van der Waals surface area contributed by atoms with Gasteiger partial charge in [0.1, 0.15) is 5.69 Å². The molecule has 1 rings (SSSR count). The van der Waals surface area contributed by atoms with Gasteiger partial charge in [-0.25, -0.2) is 4.79 Å². The summed E-state index contributed by atoms with van der Waals surface area (Å²) in [5.74, 6) is -0.284. The maximum atomic E-state index is 11.3. The molecule has 0 bridgehead atoms. The van der Waals surface area contributed by atoms with Crippen LogP contribution in [-0.2, 0) is 11.3 Å². The van der Waals surface area contributed by atoms with Gasteiger partial charge in [-0.1, -0.05) is 6.08 Å². The first-order chi connectivity index (χ1) is 6.79. The van der Waals surface area contributed by atoms with Gasteiger partial charge in [0.2, 0.25) is 0 Å². The van der Waals surface area contributed by atoms with E-state index in [0.717, 1.165) is 19.4 Å². The molecule has 0 N–H and O–H groups in total. The van der Waals surface area contributed by atoms with E-state index < -0.39 is 0 Å². The van der Waals surface area contributed by atoms with E-state index in [9.17, 15) is 4.79 Å². The zero-order valence-electron chi connectivity index (χ0n) is 8.40. The van der Waals surface area contributed by atoms with Gasteiger partial charge in [0.15, 0.2) is 0 Å². The number of carbonyl (C=O) groups is 1. The number of esters is 1. The number of unbranched alkanes of at least 4 members (excludes halogenated alkanes) is 1. The molecular formula is C11H15NO2. The van der Waals surface area contributed by atoms with Gasteiger partial charge in [-0.2, -0.15) is 0 Å². The molecule has 0 unspecified atom stereocenters. The van der Waals surface area contributed by atoms with Gasteiger partial charge in [-0.3, -0.25) is 0 Å². The molecule has 0 aliphatic carbocycles. The second-order valence-electron chi connectivity index (χ2n) is 3.01. The fraction of sp³-hybridized carbons (Fsp3) is 0.364. The summed E-state index contributed by atoms with van der Waals surface area (Å²) < 4.78 is 6.56. The van der Waals surface area contributed by atoms with Crippen molar-refractivity contribution in [2.75, 3.05) is 7.11 Å². The van der Waals surface area contributed by atoms with Crippen molar-refractivity contribution < 1.29 is 9.53 Å². The molecule has 0 saturated heterocycles. The van der Waals surface area contributed by atoms with Gasteiger partial charge < -0.3 is 9.30 Å². The third kappa shape index (κ3) is 2.49. The number of hydrogen-bond donors (Lipinski definition) is 0. The Kier molecular flexibility index (Phi) is 3.98. The predicted molar refractivity (Wildman–Crippen MR) is 55.2 cm³/mol. The number of aryl methyl sites for hydroxylation is 1. The minimum absolute atomic E-state index is 0.284. The first-order valence-electron chi connectivity index (χ1n) is 4.64. The number of ether oxygens (including phenoxy) is 1. The van der Waals surface area contributed by atoms with Gasteiger partial charge in [0, 0.05) is 12.7 Å². The standard InChI is InChI=1S/C11H15NO2/c1-3-4-5-8-12-9-6-7-10(12)11(13)14-2/h3,6-7,9H,1,4-5,8H2,2H3. The van der Waals surface area contributed by atoms with Gasteiger partial charge in [-0.15, -0.1) is 6.58 Å². The van der Waals surface area contributed by atoms with Crippen molar-refractivity contribution in [3.8, 4) is 0 Å². The van der Waals surface area contributed by atoms with Crippen molar-refractivity contribution in [2.45, 2.75) is 19.4 Å². The van der Waals surface area contributed by atoms with Gasteiger partial charge in [0.25, 0.3) is 0 Å². The van der Waals surface area contributed by atoms with Crippen molar-refractivity contribution in [1.82, 2.24) is 4.57 Å². The molecule has 0 aliphatic rings. The van der Waals surface area contributed by atoms with Crippen molar-refractivity contribution in [3.05, 3.63) is 36.7 Å². The highest BCUT2D eigenvalue weighted by Crippen LogP contribution is 2.06.